The highest BCUT2D eigenvalue weighted by Gasteiger charge is 2.20. The summed E-state index contributed by atoms with van der Waals surface area (Å²) >= 11 is 0. The maximum Gasteiger partial charge on any atom is 0.149 e. The van der Waals surface area contributed by atoms with Gasteiger partial charge < -0.3 is 5.73 Å². The molecular weight excluding hydrogens is 239 g/mol. The van der Waals surface area contributed by atoms with Crippen LogP contribution >= 0.6 is 12.4 Å². The first-order valence-corrected chi connectivity index (χ1v) is 5.24. The normalized spacial score (nSPS) is 11.4. The molecule has 1 aromatic heterocycles. The van der Waals surface area contributed by atoms with Gasteiger partial charge >= 0.3 is 0 Å². The van der Waals surface area contributed by atoms with E-state index in [0.29, 0.717) is 5.39 Å². The Morgan fingerprint density at radius 2 is 1.88 bits per heavy atom. The Morgan fingerprint density at radius 1 is 1.24 bits per heavy atom. The standard InChI is InChI=1S/C13H15FN2.ClH/c1-8-4-5-9-10(6-8)12(13(2,3)15)16-7-11(9)14;/h4-7H,15H2,1-3H3;1H. The van der Waals surface area contributed by atoms with E-state index in [0.717, 1.165) is 16.6 Å². The SMILES string of the molecule is Cc1ccc2c(F)cnc(C(C)(C)N)c2c1.Cl. The van der Waals surface area contributed by atoms with Gasteiger partial charge in [0.15, 0.2) is 0 Å². The van der Waals surface area contributed by atoms with E-state index >= 15 is 0 Å². The molecule has 0 unspecified atom stereocenters. The molecule has 0 amide bonds. The van der Waals surface area contributed by atoms with Crippen LogP contribution in [0.2, 0.25) is 0 Å². The molecule has 92 valence electrons. The van der Waals surface area contributed by atoms with Crippen LogP contribution in [-0.4, -0.2) is 4.98 Å². The van der Waals surface area contributed by atoms with Gasteiger partial charge in [0.05, 0.1) is 17.4 Å². The van der Waals surface area contributed by atoms with E-state index in [9.17, 15) is 4.39 Å². The third-order valence-corrected chi connectivity index (χ3v) is 2.60. The summed E-state index contributed by atoms with van der Waals surface area (Å²) in [5, 5.41) is 1.38. The number of fused-ring (bicyclic) bond motifs is 1. The van der Waals surface area contributed by atoms with Crippen molar-refractivity contribution < 1.29 is 4.39 Å². The van der Waals surface area contributed by atoms with Crippen LogP contribution in [0.5, 0.6) is 0 Å². The van der Waals surface area contributed by atoms with E-state index in [2.05, 4.69) is 4.98 Å². The quantitative estimate of drug-likeness (QED) is 0.848. The Morgan fingerprint density at radius 3 is 2.47 bits per heavy atom. The Labute approximate surface area is 106 Å². The number of hydrogen-bond donors (Lipinski definition) is 1. The fourth-order valence-electron chi connectivity index (χ4n) is 1.84. The van der Waals surface area contributed by atoms with Gasteiger partial charge in [-0.05, 0) is 26.8 Å². The van der Waals surface area contributed by atoms with E-state index in [1.165, 1.54) is 6.20 Å². The molecule has 0 fully saturated rings. The average molecular weight is 255 g/mol. The monoisotopic (exact) mass is 254 g/mol. The molecule has 2 aromatic rings. The summed E-state index contributed by atoms with van der Waals surface area (Å²) in [5.41, 5.74) is 7.27. The Bertz CT molecular complexity index is 547. The van der Waals surface area contributed by atoms with Gasteiger partial charge in [0.2, 0.25) is 0 Å². The molecule has 0 radical (unpaired) electrons. The van der Waals surface area contributed by atoms with Gasteiger partial charge in [0, 0.05) is 10.8 Å². The van der Waals surface area contributed by atoms with Crippen molar-refractivity contribution in [2.45, 2.75) is 26.3 Å². The Kier molecular flexibility index (Phi) is 3.74. The molecule has 0 saturated carbocycles. The average Bonchev–Trinajstić information content (AvgIpc) is 2.15. The fraction of sp³-hybridized carbons (Fsp3) is 0.308. The zero-order valence-corrected chi connectivity index (χ0v) is 10.9. The summed E-state index contributed by atoms with van der Waals surface area (Å²) in [4.78, 5) is 4.12. The lowest BCUT2D eigenvalue weighted by atomic mass is 9.95. The number of benzene rings is 1. The smallest absolute Gasteiger partial charge is 0.149 e. The number of aromatic nitrogens is 1. The number of nitrogens with zero attached hydrogens (tertiary/aromatic N) is 1. The maximum absolute atomic E-state index is 13.6. The van der Waals surface area contributed by atoms with E-state index in [-0.39, 0.29) is 18.2 Å². The van der Waals surface area contributed by atoms with Crippen LogP contribution in [0.15, 0.2) is 24.4 Å². The predicted octanol–water partition coefficient (Wildman–Crippen LogP) is 3.30. The minimum absolute atomic E-state index is 0. The number of rotatable bonds is 1. The summed E-state index contributed by atoms with van der Waals surface area (Å²) < 4.78 is 13.6. The molecule has 1 aromatic carbocycles. The van der Waals surface area contributed by atoms with Gasteiger partial charge in [-0.25, -0.2) is 4.39 Å². The second kappa shape index (κ2) is 4.59. The van der Waals surface area contributed by atoms with Crippen LogP contribution in [0.1, 0.15) is 25.1 Å². The van der Waals surface area contributed by atoms with Crippen molar-refractivity contribution in [2.24, 2.45) is 5.73 Å². The zero-order chi connectivity index (χ0) is 11.9. The molecule has 4 heteroatoms. The third kappa shape index (κ3) is 2.56. The Hall–Kier alpha value is -1.19. The highest BCUT2D eigenvalue weighted by molar-refractivity contribution is 5.86. The van der Waals surface area contributed by atoms with Crippen molar-refractivity contribution >= 4 is 23.2 Å². The Balaban J connectivity index is 0.00000144. The van der Waals surface area contributed by atoms with Gasteiger partial charge in [-0.1, -0.05) is 17.7 Å². The second-order valence-electron chi connectivity index (χ2n) is 4.73. The van der Waals surface area contributed by atoms with E-state index in [1.54, 1.807) is 6.07 Å². The highest BCUT2D eigenvalue weighted by Crippen LogP contribution is 2.27. The molecule has 0 bridgehead atoms. The van der Waals surface area contributed by atoms with Gasteiger partial charge in [-0.2, -0.15) is 0 Å². The summed E-state index contributed by atoms with van der Waals surface area (Å²) in [7, 11) is 0. The van der Waals surface area contributed by atoms with Gasteiger partial charge in [-0.3, -0.25) is 4.98 Å². The molecule has 0 spiro atoms. The van der Waals surface area contributed by atoms with Gasteiger partial charge in [0.25, 0.3) is 0 Å². The molecule has 1 heterocycles. The minimum Gasteiger partial charge on any atom is -0.321 e. The summed E-state index contributed by atoms with van der Waals surface area (Å²) in [6, 6.07) is 5.59. The van der Waals surface area contributed by atoms with Crippen molar-refractivity contribution in [3.8, 4) is 0 Å². The van der Waals surface area contributed by atoms with Crippen LogP contribution < -0.4 is 5.73 Å². The largest absolute Gasteiger partial charge is 0.321 e. The first-order valence-electron chi connectivity index (χ1n) is 5.24. The van der Waals surface area contributed by atoms with Crippen molar-refractivity contribution in [1.29, 1.82) is 0 Å². The third-order valence-electron chi connectivity index (χ3n) is 2.60. The van der Waals surface area contributed by atoms with Gasteiger partial charge in [0.1, 0.15) is 5.82 Å². The summed E-state index contributed by atoms with van der Waals surface area (Å²) in [5.74, 6) is -0.303. The predicted molar refractivity (Wildman–Crippen MR) is 70.9 cm³/mol. The van der Waals surface area contributed by atoms with Crippen LogP contribution in [0.25, 0.3) is 10.8 Å². The summed E-state index contributed by atoms with van der Waals surface area (Å²) in [6.45, 7) is 5.71. The van der Waals surface area contributed by atoms with E-state index < -0.39 is 5.54 Å². The molecule has 17 heavy (non-hydrogen) atoms. The topological polar surface area (TPSA) is 38.9 Å². The maximum atomic E-state index is 13.6. The van der Waals surface area contributed by atoms with E-state index in [1.807, 2.05) is 32.9 Å². The number of hydrogen-bond acceptors (Lipinski definition) is 2. The zero-order valence-electron chi connectivity index (χ0n) is 10.1. The summed E-state index contributed by atoms with van der Waals surface area (Å²) in [6.07, 6.45) is 1.24. The molecule has 2 rings (SSSR count). The van der Waals surface area contributed by atoms with E-state index in [4.69, 9.17) is 5.73 Å². The molecule has 2 nitrogen and oxygen atoms in total. The van der Waals surface area contributed by atoms with Crippen LogP contribution in [0.4, 0.5) is 4.39 Å². The molecule has 0 saturated heterocycles. The molecular formula is C13H16ClFN2. The molecule has 0 atom stereocenters. The fourth-order valence-corrected chi connectivity index (χ4v) is 1.84. The highest BCUT2D eigenvalue weighted by atomic mass is 35.5. The van der Waals surface area contributed by atoms with Crippen molar-refractivity contribution in [2.75, 3.05) is 0 Å². The number of pyridine rings is 1. The second-order valence-corrected chi connectivity index (χ2v) is 4.73. The lowest BCUT2D eigenvalue weighted by molar-refractivity contribution is 0.536. The van der Waals surface area contributed by atoms with Crippen LogP contribution in [-0.2, 0) is 5.54 Å². The molecule has 0 aliphatic heterocycles. The lowest BCUT2D eigenvalue weighted by Crippen LogP contribution is -2.30. The molecule has 0 aliphatic rings. The number of aryl methyl sites for hydroxylation is 1. The van der Waals surface area contributed by atoms with Crippen molar-refractivity contribution in [1.82, 2.24) is 4.98 Å². The first-order chi connectivity index (χ1) is 7.39. The first kappa shape index (κ1) is 13.9. The minimum atomic E-state index is -0.570. The van der Waals surface area contributed by atoms with Gasteiger partial charge in [-0.15, -0.1) is 12.4 Å². The lowest BCUT2D eigenvalue weighted by Gasteiger charge is -2.20. The van der Waals surface area contributed by atoms with Crippen molar-refractivity contribution in [3.05, 3.63) is 41.5 Å². The van der Waals surface area contributed by atoms with Crippen LogP contribution in [0.3, 0.4) is 0 Å². The number of nitrogens with two attached hydrogens (primary N) is 1. The van der Waals surface area contributed by atoms with Crippen molar-refractivity contribution in [3.63, 3.8) is 0 Å². The van der Waals surface area contributed by atoms with Crippen LogP contribution in [0, 0.1) is 12.7 Å². The molecule has 2 N–H and O–H groups in total. The molecule has 0 aliphatic carbocycles. The number of halogens is 2.